The average molecular weight is 283 g/mol. The van der Waals surface area contributed by atoms with Gasteiger partial charge < -0.3 is 4.74 Å². The Morgan fingerprint density at radius 1 is 1.29 bits per heavy atom. The normalized spacial score (nSPS) is 10.8. The Hall–Kier alpha value is -2.83. The SMILES string of the molecule is COC(=O)c1ncn(Cc2nc(C)c3ccccc3n2)n1. The Morgan fingerprint density at radius 2 is 2.10 bits per heavy atom. The van der Waals surface area contributed by atoms with Crippen LogP contribution in [0.4, 0.5) is 0 Å². The summed E-state index contributed by atoms with van der Waals surface area (Å²) in [5.74, 6) is 0.0758. The van der Waals surface area contributed by atoms with Crippen molar-refractivity contribution in [2.45, 2.75) is 13.5 Å². The lowest BCUT2D eigenvalue weighted by Gasteiger charge is -2.05. The molecule has 3 aromatic rings. The monoisotopic (exact) mass is 283 g/mol. The predicted octanol–water partition coefficient (Wildman–Crippen LogP) is 1.36. The largest absolute Gasteiger partial charge is 0.463 e. The molecule has 0 amide bonds. The van der Waals surface area contributed by atoms with E-state index in [0.717, 1.165) is 16.6 Å². The van der Waals surface area contributed by atoms with Gasteiger partial charge in [0.15, 0.2) is 5.82 Å². The fourth-order valence-corrected chi connectivity index (χ4v) is 2.07. The minimum atomic E-state index is -0.565. The van der Waals surface area contributed by atoms with Crippen molar-refractivity contribution in [2.75, 3.05) is 7.11 Å². The fourth-order valence-electron chi connectivity index (χ4n) is 2.07. The third-order valence-electron chi connectivity index (χ3n) is 3.05. The molecular formula is C14H13N5O2. The highest BCUT2D eigenvalue weighted by atomic mass is 16.5. The zero-order valence-electron chi connectivity index (χ0n) is 11.6. The van der Waals surface area contributed by atoms with Gasteiger partial charge in [0.2, 0.25) is 0 Å². The number of ether oxygens (including phenoxy) is 1. The minimum Gasteiger partial charge on any atom is -0.463 e. The first-order chi connectivity index (χ1) is 10.2. The van der Waals surface area contributed by atoms with Crippen molar-refractivity contribution in [3.05, 3.63) is 47.9 Å². The van der Waals surface area contributed by atoms with E-state index < -0.39 is 5.97 Å². The molecule has 1 aromatic carbocycles. The van der Waals surface area contributed by atoms with E-state index in [2.05, 4.69) is 24.8 Å². The van der Waals surface area contributed by atoms with Crippen LogP contribution in [0.3, 0.4) is 0 Å². The molecule has 3 rings (SSSR count). The number of hydrogen-bond donors (Lipinski definition) is 0. The van der Waals surface area contributed by atoms with Gasteiger partial charge in [-0.15, -0.1) is 5.10 Å². The zero-order chi connectivity index (χ0) is 14.8. The van der Waals surface area contributed by atoms with Crippen molar-refractivity contribution in [1.82, 2.24) is 24.7 Å². The van der Waals surface area contributed by atoms with Crippen molar-refractivity contribution in [3.8, 4) is 0 Å². The van der Waals surface area contributed by atoms with Gasteiger partial charge in [-0.3, -0.25) is 0 Å². The summed E-state index contributed by atoms with van der Waals surface area (Å²) in [7, 11) is 1.29. The van der Waals surface area contributed by atoms with Gasteiger partial charge in [-0.25, -0.2) is 24.4 Å². The summed E-state index contributed by atoms with van der Waals surface area (Å²) in [6.07, 6.45) is 1.46. The van der Waals surface area contributed by atoms with Crippen molar-refractivity contribution >= 4 is 16.9 Å². The van der Waals surface area contributed by atoms with Gasteiger partial charge >= 0.3 is 5.97 Å². The van der Waals surface area contributed by atoms with Crippen molar-refractivity contribution in [2.24, 2.45) is 0 Å². The molecule has 0 radical (unpaired) electrons. The fraction of sp³-hybridized carbons (Fsp3) is 0.214. The molecule has 0 N–H and O–H groups in total. The van der Waals surface area contributed by atoms with Crippen LogP contribution in [0.2, 0.25) is 0 Å². The third-order valence-corrected chi connectivity index (χ3v) is 3.05. The standard InChI is InChI=1S/C14H13N5O2/c1-9-10-5-3-4-6-11(10)17-12(16-9)7-19-8-15-13(18-19)14(20)21-2/h3-6,8H,7H2,1-2H3. The Balaban J connectivity index is 1.91. The first-order valence-corrected chi connectivity index (χ1v) is 6.37. The maximum absolute atomic E-state index is 11.3. The van der Waals surface area contributed by atoms with Crippen LogP contribution in [0.5, 0.6) is 0 Å². The van der Waals surface area contributed by atoms with Gasteiger partial charge in [0, 0.05) is 11.1 Å². The van der Waals surface area contributed by atoms with Gasteiger partial charge in [-0.05, 0) is 13.0 Å². The molecule has 0 fully saturated rings. The molecule has 7 nitrogen and oxygen atoms in total. The van der Waals surface area contributed by atoms with E-state index in [1.165, 1.54) is 18.1 Å². The Bertz CT molecular complexity index is 812. The lowest BCUT2D eigenvalue weighted by molar-refractivity contribution is 0.0586. The molecule has 0 aliphatic carbocycles. The molecule has 21 heavy (non-hydrogen) atoms. The van der Waals surface area contributed by atoms with Crippen LogP contribution in [-0.4, -0.2) is 37.8 Å². The van der Waals surface area contributed by atoms with Crippen LogP contribution in [-0.2, 0) is 11.3 Å². The number of benzene rings is 1. The number of methoxy groups -OCH3 is 1. The quantitative estimate of drug-likeness (QED) is 0.675. The first-order valence-electron chi connectivity index (χ1n) is 6.37. The predicted molar refractivity (Wildman–Crippen MR) is 74.7 cm³/mol. The van der Waals surface area contributed by atoms with E-state index in [9.17, 15) is 4.79 Å². The summed E-state index contributed by atoms with van der Waals surface area (Å²) in [6, 6.07) is 7.82. The van der Waals surface area contributed by atoms with E-state index in [4.69, 9.17) is 0 Å². The Labute approximate surface area is 120 Å². The summed E-state index contributed by atoms with van der Waals surface area (Å²) >= 11 is 0. The third kappa shape index (κ3) is 2.58. The van der Waals surface area contributed by atoms with E-state index in [1.807, 2.05) is 31.2 Å². The number of hydrogen-bond acceptors (Lipinski definition) is 6. The first kappa shape index (κ1) is 13.2. The average Bonchev–Trinajstić information content (AvgIpc) is 2.95. The van der Waals surface area contributed by atoms with Crippen LogP contribution in [0.15, 0.2) is 30.6 Å². The van der Waals surface area contributed by atoms with Crippen LogP contribution < -0.4 is 0 Å². The summed E-state index contributed by atoms with van der Waals surface area (Å²) in [6.45, 7) is 2.28. The second-order valence-corrected chi connectivity index (χ2v) is 4.50. The molecule has 0 aliphatic heterocycles. The minimum absolute atomic E-state index is 0.0232. The van der Waals surface area contributed by atoms with Crippen molar-refractivity contribution in [1.29, 1.82) is 0 Å². The Morgan fingerprint density at radius 3 is 2.90 bits per heavy atom. The van der Waals surface area contributed by atoms with Gasteiger partial charge in [-0.1, -0.05) is 18.2 Å². The molecule has 0 saturated carbocycles. The lowest BCUT2D eigenvalue weighted by atomic mass is 10.2. The molecule has 0 saturated heterocycles. The van der Waals surface area contributed by atoms with Crippen LogP contribution in [0.1, 0.15) is 22.1 Å². The highest BCUT2D eigenvalue weighted by Crippen LogP contribution is 2.14. The number of esters is 1. The van der Waals surface area contributed by atoms with E-state index in [1.54, 1.807) is 0 Å². The second kappa shape index (κ2) is 5.28. The number of aromatic nitrogens is 5. The molecule has 0 aliphatic rings. The van der Waals surface area contributed by atoms with E-state index in [-0.39, 0.29) is 5.82 Å². The maximum Gasteiger partial charge on any atom is 0.377 e. The Kier molecular flexibility index (Phi) is 3.31. The number of aryl methyl sites for hydroxylation is 1. The molecule has 106 valence electrons. The number of fused-ring (bicyclic) bond motifs is 1. The van der Waals surface area contributed by atoms with E-state index >= 15 is 0 Å². The topological polar surface area (TPSA) is 82.8 Å². The molecule has 2 heterocycles. The molecular weight excluding hydrogens is 270 g/mol. The van der Waals surface area contributed by atoms with Gasteiger partial charge in [0.25, 0.3) is 5.82 Å². The molecule has 2 aromatic heterocycles. The second-order valence-electron chi connectivity index (χ2n) is 4.50. The zero-order valence-corrected chi connectivity index (χ0v) is 11.6. The number of carbonyl (C=O) groups excluding carboxylic acids is 1. The highest BCUT2D eigenvalue weighted by Gasteiger charge is 2.12. The molecule has 7 heteroatoms. The number of carbonyl (C=O) groups is 1. The van der Waals surface area contributed by atoms with Crippen LogP contribution >= 0.6 is 0 Å². The van der Waals surface area contributed by atoms with Gasteiger partial charge in [-0.2, -0.15) is 0 Å². The summed E-state index contributed by atoms with van der Waals surface area (Å²) in [4.78, 5) is 24.2. The number of para-hydroxylation sites is 1. The molecule has 0 atom stereocenters. The number of rotatable bonds is 3. The number of nitrogens with zero attached hydrogens (tertiary/aromatic N) is 5. The molecule has 0 bridgehead atoms. The van der Waals surface area contributed by atoms with E-state index in [0.29, 0.717) is 12.4 Å². The smallest absolute Gasteiger partial charge is 0.377 e. The van der Waals surface area contributed by atoms with Crippen molar-refractivity contribution in [3.63, 3.8) is 0 Å². The molecule has 0 unspecified atom stereocenters. The lowest BCUT2D eigenvalue weighted by Crippen LogP contribution is -2.09. The van der Waals surface area contributed by atoms with Gasteiger partial charge in [0.05, 0.1) is 12.6 Å². The van der Waals surface area contributed by atoms with Crippen LogP contribution in [0, 0.1) is 6.92 Å². The van der Waals surface area contributed by atoms with Gasteiger partial charge in [0.1, 0.15) is 12.9 Å². The summed E-state index contributed by atoms with van der Waals surface area (Å²) in [5.41, 5.74) is 1.79. The molecule has 0 spiro atoms. The summed E-state index contributed by atoms with van der Waals surface area (Å²) in [5, 5.41) is 5.06. The maximum atomic E-state index is 11.3. The van der Waals surface area contributed by atoms with Crippen molar-refractivity contribution < 1.29 is 9.53 Å². The highest BCUT2D eigenvalue weighted by molar-refractivity contribution is 5.84. The summed E-state index contributed by atoms with van der Waals surface area (Å²) < 4.78 is 6.08. The van der Waals surface area contributed by atoms with Crippen LogP contribution in [0.25, 0.3) is 10.9 Å².